The van der Waals surface area contributed by atoms with Crippen molar-refractivity contribution in [3.05, 3.63) is 72.6 Å². The normalized spacial score (nSPS) is 11.7. The maximum atomic E-state index is 14.2. The minimum atomic E-state index is -0.536. The molecule has 0 aliphatic carbocycles. The molecule has 0 bridgehead atoms. The lowest BCUT2D eigenvalue weighted by molar-refractivity contribution is -0.115. The summed E-state index contributed by atoms with van der Waals surface area (Å²) in [4.78, 5) is 24.5. The summed E-state index contributed by atoms with van der Waals surface area (Å²) in [6.45, 7) is 7.28. The third kappa shape index (κ3) is 4.65. The molecular formula is C22H21FN4O2S. The number of amides is 1. The van der Waals surface area contributed by atoms with Crippen LogP contribution in [0.5, 0.6) is 0 Å². The number of benzene rings is 2. The van der Waals surface area contributed by atoms with E-state index < -0.39 is 11.1 Å². The van der Waals surface area contributed by atoms with Gasteiger partial charge >= 0.3 is 0 Å². The summed E-state index contributed by atoms with van der Waals surface area (Å²) in [6, 6.07) is 13.2. The zero-order valence-electron chi connectivity index (χ0n) is 16.6. The Morgan fingerprint density at radius 3 is 2.60 bits per heavy atom. The van der Waals surface area contributed by atoms with Crippen LogP contribution in [0.3, 0.4) is 0 Å². The maximum absolute atomic E-state index is 14.2. The van der Waals surface area contributed by atoms with Crippen molar-refractivity contribution in [3.8, 4) is 11.4 Å². The number of halogens is 1. The summed E-state index contributed by atoms with van der Waals surface area (Å²) in [7, 11) is 0. The van der Waals surface area contributed by atoms with Gasteiger partial charge in [0.05, 0.1) is 16.5 Å². The van der Waals surface area contributed by atoms with Gasteiger partial charge in [-0.15, -0.1) is 16.8 Å². The van der Waals surface area contributed by atoms with Gasteiger partial charge in [0.25, 0.3) is 0 Å². The monoisotopic (exact) mass is 424 g/mol. The molecule has 1 unspecified atom stereocenters. The number of rotatable bonds is 8. The Morgan fingerprint density at radius 2 is 1.90 bits per heavy atom. The Morgan fingerprint density at radius 1 is 1.20 bits per heavy atom. The number of nitrogens with one attached hydrogen (secondary N) is 1. The largest absolute Gasteiger partial charge is 0.324 e. The molecular weight excluding hydrogens is 403 g/mol. The van der Waals surface area contributed by atoms with Gasteiger partial charge in [0.15, 0.2) is 16.8 Å². The van der Waals surface area contributed by atoms with Crippen molar-refractivity contribution >= 4 is 29.1 Å². The molecule has 0 saturated heterocycles. The van der Waals surface area contributed by atoms with Crippen molar-refractivity contribution in [1.29, 1.82) is 0 Å². The van der Waals surface area contributed by atoms with Gasteiger partial charge in [0.1, 0.15) is 5.82 Å². The molecule has 0 saturated carbocycles. The molecule has 154 valence electrons. The fourth-order valence-corrected chi connectivity index (χ4v) is 3.71. The van der Waals surface area contributed by atoms with Crippen LogP contribution in [0.25, 0.3) is 11.4 Å². The fraction of sp³-hybridized carbons (Fsp3) is 0.182. The first-order valence-electron chi connectivity index (χ1n) is 9.28. The Kier molecular flexibility index (Phi) is 6.79. The molecule has 1 heterocycles. The molecule has 0 spiro atoms. The van der Waals surface area contributed by atoms with Gasteiger partial charge in [-0.1, -0.05) is 42.1 Å². The molecule has 1 N–H and O–H groups in total. The number of nitrogens with zero attached hydrogens (tertiary/aromatic N) is 3. The number of thioether (sulfide) groups is 1. The molecule has 30 heavy (non-hydrogen) atoms. The summed E-state index contributed by atoms with van der Waals surface area (Å²) in [5.74, 6) is -0.454. The maximum Gasteiger partial charge on any atom is 0.237 e. The van der Waals surface area contributed by atoms with Crippen molar-refractivity contribution in [1.82, 2.24) is 14.8 Å². The second-order valence-corrected chi connectivity index (χ2v) is 7.84. The van der Waals surface area contributed by atoms with Crippen molar-refractivity contribution < 1.29 is 14.0 Å². The van der Waals surface area contributed by atoms with Gasteiger partial charge in [-0.05, 0) is 38.1 Å². The van der Waals surface area contributed by atoms with Crippen LogP contribution in [0.15, 0.2) is 66.3 Å². The molecule has 6 nitrogen and oxygen atoms in total. The summed E-state index contributed by atoms with van der Waals surface area (Å²) < 4.78 is 15.9. The molecule has 1 atom stereocenters. The third-order valence-corrected chi connectivity index (χ3v) is 5.44. The molecule has 0 aliphatic rings. The van der Waals surface area contributed by atoms with E-state index in [9.17, 15) is 14.0 Å². The standard InChI is InChI=1S/C22H21FN4O2S/c1-4-13-27-20(17-10-5-7-11-18(17)23)25-26-22(27)30-15(3)21(29)24-19-12-8-6-9-16(19)14(2)28/h4-12,15H,1,13H2,2-3H3,(H,24,29). The van der Waals surface area contributed by atoms with Crippen LogP contribution >= 0.6 is 11.8 Å². The highest BCUT2D eigenvalue weighted by Crippen LogP contribution is 2.29. The second-order valence-electron chi connectivity index (χ2n) is 6.54. The van der Waals surface area contributed by atoms with E-state index in [0.717, 1.165) is 0 Å². The van der Waals surface area contributed by atoms with Crippen LogP contribution < -0.4 is 5.32 Å². The first-order chi connectivity index (χ1) is 14.4. The molecule has 0 fully saturated rings. The van der Waals surface area contributed by atoms with E-state index in [0.29, 0.717) is 34.3 Å². The Bertz CT molecular complexity index is 1100. The molecule has 0 aliphatic heterocycles. The predicted molar refractivity (Wildman–Crippen MR) is 116 cm³/mol. The number of aromatic nitrogens is 3. The first-order valence-corrected chi connectivity index (χ1v) is 10.2. The highest BCUT2D eigenvalue weighted by molar-refractivity contribution is 8.00. The number of allylic oxidation sites excluding steroid dienone is 1. The van der Waals surface area contributed by atoms with Crippen molar-refractivity contribution in [2.24, 2.45) is 0 Å². The van der Waals surface area contributed by atoms with Gasteiger partial charge in [-0.3, -0.25) is 14.2 Å². The second kappa shape index (κ2) is 9.49. The number of Topliss-reactive ketones (excluding diaryl/α,β-unsaturated/α-hetero) is 1. The number of hydrogen-bond acceptors (Lipinski definition) is 5. The van der Waals surface area contributed by atoms with Crippen LogP contribution in [-0.4, -0.2) is 31.7 Å². The van der Waals surface area contributed by atoms with Crippen molar-refractivity contribution in [3.63, 3.8) is 0 Å². The summed E-state index contributed by atoms with van der Waals surface area (Å²) >= 11 is 1.20. The smallest absolute Gasteiger partial charge is 0.237 e. The SMILES string of the molecule is C=CCn1c(SC(C)C(=O)Nc2ccccc2C(C)=O)nnc1-c1ccccc1F. The van der Waals surface area contributed by atoms with E-state index in [1.165, 1.54) is 24.8 Å². The first kappa shape index (κ1) is 21.4. The van der Waals surface area contributed by atoms with E-state index in [1.807, 2.05) is 0 Å². The molecule has 0 radical (unpaired) electrons. The van der Waals surface area contributed by atoms with Gasteiger partial charge in [0.2, 0.25) is 5.91 Å². The molecule has 3 rings (SSSR count). The zero-order chi connectivity index (χ0) is 21.7. The topological polar surface area (TPSA) is 76.9 Å². The summed E-state index contributed by atoms with van der Waals surface area (Å²) in [5.41, 5.74) is 1.23. The lowest BCUT2D eigenvalue weighted by Crippen LogP contribution is -2.24. The number of carbonyl (C=O) groups excluding carboxylic acids is 2. The number of para-hydroxylation sites is 1. The van der Waals surface area contributed by atoms with E-state index in [2.05, 4.69) is 22.1 Å². The average Bonchev–Trinajstić information content (AvgIpc) is 3.11. The highest BCUT2D eigenvalue weighted by Gasteiger charge is 2.22. The van der Waals surface area contributed by atoms with Gasteiger partial charge in [0, 0.05) is 12.1 Å². The Balaban J connectivity index is 1.82. The number of carbonyl (C=O) groups is 2. The zero-order valence-corrected chi connectivity index (χ0v) is 17.4. The Hall–Kier alpha value is -3.26. The molecule has 1 aromatic heterocycles. The number of hydrogen-bond donors (Lipinski definition) is 1. The van der Waals surface area contributed by atoms with E-state index in [4.69, 9.17) is 0 Å². The van der Waals surface area contributed by atoms with Gasteiger partial charge < -0.3 is 5.32 Å². The summed E-state index contributed by atoms with van der Waals surface area (Å²) in [6.07, 6.45) is 1.66. The van der Waals surface area contributed by atoms with Crippen LogP contribution in [0.1, 0.15) is 24.2 Å². The van der Waals surface area contributed by atoms with E-state index in [-0.39, 0.29) is 11.7 Å². The number of anilines is 1. The minimum absolute atomic E-state index is 0.133. The van der Waals surface area contributed by atoms with Crippen LogP contribution in [0.4, 0.5) is 10.1 Å². The van der Waals surface area contributed by atoms with E-state index >= 15 is 0 Å². The van der Waals surface area contributed by atoms with Gasteiger partial charge in [-0.25, -0.2) is 4.39 Å². The Labute approximate surface area is 178 Å². The number of ketones is 1. The third-order valence-electron chi connectivity index (χ3n) is 4.36. The van der Waals surface area contributed by atoms with Crippen molar-refractivity contribution in [2.75, 3.05) is 5.32 Å². The van der Waals surface area contributed by atoms with Crippen LogP contribution in [-0.2, 0) is 11.3 Å². The molecule has 1 amide bonds. The predicted octanol–water partition coefficient (Wildman–Crippen LogP) is 4.59. The minimum Gasteiger partial charge on any atom is -0.324 e. The van der Waals surface area contributed by atoms with E-state index in [1.54, 1.807) is 60.0 Å². The van der Waals surface area contributed by atoms with Crippen LogP contribution in [0, 0.1) is 5.82 Å². The lowest BCUT2D eigenvalue weighted by atomic mass is 10.1. The van der Waals surface area contributed by atoms with Crippen LogP contribution in [0.2, 0.25) is 0 Å². The lowest BCUT2D eigenvalue weighted by Gasteiger charge is -2.14. The fourth-order valence-electron chi connectivity index (χ4n) is 2.86. The molecule has 8 heteroatoms. The van der Waals surface area contributed by atoms with Gasteiger partial charge in [-0.2, -0.15) is 0 Å². The quantitative estimate of drug-likeness (QED) is 0.325. The highest BCUT2D eigenvalue weighted by atomic mass is 32.2. The molecule has 2 aromatic carbocycles. The summed E-state index contributed by atoms with van der Waals surface area (Å²) in [5, 5.41) is 11.0. The average molecular weight is 425 g/mol. The van der Waals surface area contributed by atoms with Crippen molar-refractivity contribution in [2.45, 2.75) is 30.8 Å². The molecule has 3 aromatic rings.